The molecule has 0 radical (unpaired) electrons. The van der Waals surface area contributed by atoms with Crippen molar-refractivity contribution in [1.29, 1.82) is 0 Å². The van der Waals surface area contributed by atoms with E-state index >= 15 is 0 Å². The number of nitrogens with two attached hydrogens (primary N) is 1. The molecule has 0 aliphatic rings. The van der Waals surface area contributed by atoms with Gasteiger partial charge in [-0.25, -0.2) is 15.8 Å². The minimum absolute atomic E-state index is 0.289. The Morgan fingerprint density at radius 1 is 1.27 bits per heavy atom. The number of thiophene rings is 1. The van der Waals surface area contributed by atoms with Crippen molar-refractivity contribution < 1.29 is 0 Å². The van der Waals surface area contributed by atoms with Gasteiger partial charge in [-0.2, -0.15) is 10.2 Å². The molecule has 9 nitrogen and oxygen atoms in total. The highest BCUT2D eigenvalue weighted by Gasteiger charge is 2.11. The number of fused-ring (bicyclic) bond motifs is 1. The first-order chi connectivity index (χ1) is 12.6. The van der Waals surface area contributed by atoms with E-state index in [1.165, 1.54) is 0 Å². The van der Waals surface area contributed by atoms with Crippen molar-refractivity contribution in [3.05, 3.63) is 35.7 Å². The van der Waals surface area contributed by atoms with Crippen molar-refractivity contribution >= 4 is 33.2 Å². The van der Waals surface area contributed by atoms with Crippen LogP contribution in [0.15, 0.2) is 30.9 Å². The molecular weight excluding hydrogens is 350 g/mol. The lowest BCUT2D eigenvalue weighted by Crippen LogP contribution is -2.13. The fourth-order valence-electron chi connectivity index (χ4n) is 2.57. The molecule has 4 aromatic heterocycles. The first-order valence-corrected chi connectivity index (χ1v) is 8.99. The van der Waals surface area contributed by atoms with Crippen molar-refractivity contribution in [2.45, 2.75) is 26.4 Å². The summed E-state index contributed by atoms with van der Waals surface area (Å²) in [4.78, 5) is 10.2. The summed E-state index contributed by atoms with van der Waals surface area (Å²) in [7, 11) is 0. The van der Waals surface area contributed by atoms with E-state index in [4.69, 9.17) is 5.84 Å². The van der Waals surface area contributed by atoms with Crippen LogP contribution < -0.4 is 16.6 Å². The van der Waals surface area contributed by atoms with Crippen molar-refractivity contribution in [3.63, 3.8) is 0 Å². The van der Waals surface area contributed by atoms with Crippen molar-refractivity contribution in [3.8, 4) is 11.3 Å². The zero-order chi connectivity index (χ0) is 18.1. The summed E-state index contributed by atoms with van der Waals surface area (Å²) in [6, 6.07) is 2.36. The number of aromatic amines is 1. The van der Waals surface area contributed by atoms with Crippen LogP contribution in [0.4, 0.5) is 11.6 Å². The minimum atomic E-state index is 0.289. The molecule has 0 fully saturated rings. The number of nitrogens with one attached hydrogen (secondary N) is 3. The highest BCUT2D eigenvalue weighted by Crippen LogP contribution is 2.26. The van der Waals surface area contributed by atoms with Crippen LogP contribution in [0.2, 0.25) is 0 Å². The standard InChI is InChI=1S/C16H19N9S/c1-9(2)25-8-10(4-21-25)13-6-19-16(23-17)15(22-13)18-5-11-3-12-14(26-11)7-20-24-12/h3-4,6-9H,5,17H2,1-2H3,(H,18,22)(H,19,23)(H,20,24). The normalized spacial score (nSPS) is 11.4. The molecule has 4 rings (SSSR count). The van der Waals surface area contributed by atoms with Gasteiger partial charge in [-0.05, 0) is 19.9 Å². The van der Waals surface area contributed by atoms with Gasteiger partial charge in [0.25, 0.3) is 0 Å². The molecule has 0 spiro atoms. The molecule has 0 aliphatic heterocycles. The van der Waals surface area contributed by atoms with Crippen molar-refractivity contribution in [2.24, 2.45) is 5.84 Å². The number of nitrogens with zero attached hydrogens (tertiary/aromatic N) is 5. The molecule has 0 bridgehead atoms. The van der Waals surface area contributed by atoms with Gasteiger partial charge in [-0.15, -0.1) is 11.3 Å². The van der Waals surface area contributed by atoms with Crippen LogP contribution in [0.25, 0.3) is 21.5 Å². The SMILES string of the molecule is CC(C)n1cc(-c2cnc(NN)c(NCc3cc4[nH]ncc4s3)n2)cn1. The third-order valence-electron chi connectivity index (χ3n) is 3.94. The molecule has 0 aromatic carbocycles. The summed E-state index contributed by atoms with van der Waals surface area (Å²) in [6.45, 7) is 4.77. The summed E-state index contributed by atoms with van der Waals surface area (Å²) >= 11 is 1.67. The largest absolute Gasteiger partial charge is 0.362 e. The lowest BCUT2D eigenvalue weighted by molar-refractivity contribution is 0.532. The maximum absolute atomic E-state index is 5.58. The Kier molecular flexibility index (Phi) is 4.27. The molecule has 5 N–H and O–H groups in total. The molecule has 10 heteroatoms. The third kappa shape index (κ3) is 3.11. The van der Waals surface area contributed by atoms with Crippen LogP contribution in [-0.4, -0.2) is 29.9 Å². The van der Waals surface area contributed by atoms with Crippen LogP contribution in [0.1, 0.15) is 24.8 Å². The lowest BCUT2D eigenvalue weighted by Gasteiger charge is -2.10. The summed E-state index contributed by atoms with van der Waals surface area (Å²) < 4.78 is 3.01. The van der Waals surface area contributed by atoms with Crippen LogP contribution >= 0.6 is 11.3 Å². The van der Waals surface area contributed by atoms with Gasteiger partial charge in [0.15, 0.2) is 11.6 Å². The molecular formula is C16H19N9S. The fraction of sp³-hybridized carbons (Fsp3) is 0.250. The van der Waals surface area contributed by atoms with Gasteiger partial charge in [0.05, 0.1) is 41.0 Å². The van der Waals surface area contributed by atoms with E-state index in [0.29, 0.717) is 18.2 Å². The molecule has 4 heterocycles. The molecule has 134 valence electrons. The van der Waals surface area contributed by atoms with Gasteiger partial charge in [0.1, 0.15) is 0 Å². The first-order valence-electron chi connectivity index (χ1n) is 8.18. The Hall–Kier alpha value is -2.98. The number of hydrazine groups is 1. The maximum atomic E-state index is 5.58. The van der Waals surface area contributed by atoms with Gasteiger partial charge < -0.3 is 10.7 Å². The fourth-order valence-corrected chi connectivity index (χ4v) is 3.49. The van der Waals surface area contributed by atoms with Gasteiger partial charge in [0, 0.05) is 22.7 Å². The van der Waals surface area contributed by atoms with Crippen LogP contribution in [0.5, 0.6) is 0 Å². The van der Waals surface area contributed by atoms with E-state index in [9.17, 15) is 0 Å². The molecule has 0 atom stereocenters. The molecule has 0 saturated carbocycles. The lowest BCUT2D eigenvalue weighted by atomic mass is 10.2. The number of anilines is 2. The Balaban J connectivity index is 1.58. The first kappa shape index (κ1) is 16.5. The predicted molar refractivity (Wildman–Crippen MR) is 103 cm³/mol. The molecule has 0 amide bonds. The maximum Gasteiger partial charge on any atom is 0.183 e. The molecule has 0 aliphatic carbocycles. The van der Waals surface area contributed by atoms with Gasteiger partial charge >= 0.3 is 0 Å². The van der Waals surface area contributed by atoms with Gasteiger partial charge in [0.2, 0.25) is 0 Å². The van der Waals surface area contributed by atoms with Crippen molar-refractivity contribution in [1.82, 2.24) is 29.9 Å². The van der Waals surface area contributed by atoms with E-state index in [-0.39, 0.29) is 6.04 Å². The van der Waals surface area contributed by atoms with E-state index in [1.54, 1.807) is 23.7 Å². The smallest absolute Gasteiger partial charge is 0.183 e. The minimum Gasteiger partial charge on any atom is -0.362 e. The zero-order valence-corrected chi connectivity index (χ0v) is 15.2. The molecule has 26 heavy (non-hydrogen) atoms. The third-order valence-corrected chi connectivity index (χ3v) is 5.01. The Bertz CT molecular complexity index is 1000. The molecule has 0 saturated heterocycles. The average Bonchev–Trinajstić information content (AvgIpc) is 3.35. The van der Waals surface area contributed by atoms with Crippen molar-refractivity contribution in [2.75, 3.05) is 10.7 Å². The monoisotopic (exact) mass is 369 g/mol. The average molecular weight is 369 g/mol. The second kappa shape index (κ2) is 6.73. The van der Waals surface area contributed by atoms with E-state index in [0.717, 1.165) is 26.4 Å². The number of aromatic nitrogens is 6. The number of hydrogen-bond donors (Lipinski definition) is 4. The quantitative estimate of drug-likeness (QED) is 0.304. The number of hydrogen-bond acceptors (Lipinski definition) is 8. The number of nitrogen functional groups attached to an aromatic ring is 1. The Morgan fingerprint density at radius 3 is 2.88 bits per heavy atom. The summed E-state index contributed by atoms with van der Waals surface area (Å²) in [5, 5.41) is 14.6. The van der Waals surface area contributed by atoms with E-state index in [1.807, 2.05) is 17.1 Å². The van der Waals surface area contributed by atoms with Gasteiger partial charge in [-0.3, -0.25) is 9.78 Å². The van der Waals surface area contributed by atoms with Gasteiger partial charge in [-0.1, -0.05) is 0 Å². The second-order valence-corrected chi connectivity index (χ2v) is 7.28. The van der Waals surface area contributed by atoms with Crippen LogP contribution in [0, 0.1) is 0 Å². The summed E-state index contributed by atoms with van der Waals surface area (Å²) in [5.74, 6) is 6.67. The highest BCUT2D eigenvalue weighted by molar-refractivity contribution is 7.19. The van der Waals surface area contributed by atoms with E-state index in [2.05, 4.69) is 55.9 Å². The Labute approximate surface area is 153 Å². The number of H-pyrrole nitrogens is 1. The Morgan fingerprint density at radius 2 is 2.15 bits per heavy atom. The number of rotatable bonds is 6. The second-order valence-electron chi connectivity index (χ2n) is 6.11. The summed E-state index contributed by atoms with van der Waals surface area (Å²) in [5.41, 5.74) is 5.27. The molecule has 4 aromatic rings. The van der Waals surface area contributed by atoms with Crippen LogP contribution in [0.3, 0.4) is 0 Å². The van der Waals surface area contributed by atoms with Crippen LogP contribution in [-0.2, 0) is 6.54 Å². The topological polar surface area (TPSA) is 122 Å². The summed E-state index contributed by atoms with van der Waals surface area (Å²) in [6.07, 6.45) is 7.26. The molecule has 0 unspecified atom stereocenters. The predicted octanol–water partition coefficient (Wildman–Crippen LogP) is 2.76. The van der Waals surface area contributed by atoms with E-state index < -0.39 is 0 Å². The highest BCUT2D eigenvalue weighted by atomic mass is 32.1. The zero-order valence-electron chi connectivity index (χ0n) is 14.4.